The van der Waals surface area contributed by atoms with Crippen LogP contribution < -0.4 is 11.1 Å². The molecule has 3 heteroatoms. The van der Waals surface area contributed by atoms with Crippen LogP contribution >= 0.6 is 0 Å². The number of nitrogens with two attached hydrogens (primary N) is 1. The summed E-state index contributed by atoms with van der Waals surface area (Å²) in [5.74, 6) is 0.460. The van der Waals surface area contributed by atoms with Crippen molar-refractivity contribution in [1.82, 2.24) is 5.32 Å². The number of hydrogen-bond acceptors (Lipinski definition) is 1. The maximum Gasteiger partial charge on any atom is 0.189 e. The topological polar surface area (TPSA) is 50.4 Å². The Bertz CT molecular complexity index is 2140. The first kappa shape index (κ1) is 21.2. The Morgan fingerprint density at radius 3 is 1.47 bits per heavy atom. The summed E-state index contributed by atoms with van der Waals surface area (Å²) in [6, 6.07) is 39.5. The predicted molar refractivity (Wildman–Crippen MR) is 162 cm³/mol. The largest absolute Gasteiger partial charge is 0.370 e. The van der Waals surface area contributed by atoms with Crippen molar-refractivity contribution in [2.45, 2.75) is 13.1 Å². The first-order valence-electron chi connectivity index (χ1n) is 13.1. The van der Waals surface area contributed by atoms with Gasteiger partial charge in [-0.1, -0.05) is 109 Å². The van der Waals surface area contributed by atoms with E-state index in [4.69, 9.17) is 10.7 Å². The number of aliphatic imine (C=N–C) groups is 1. The Morgan fingerprint density at radius 2 is 0.921 bits per heavy atom. The number of hydrogen-bond donors (Lipinski definition) is 2. The van der Waals surface area contributed by atoms with Crippen LogP contribution in [0.5, 0.6) is 0 Å². The summed E-state index contributed by atoms with van der Waals surface area (Å²) in [5.41, 5.74) is 8.79. The molecule has 0 radical (unpaired) electrons. The van der Waals surface area contributed by atoms with Gasteiger partial charge in [0.25, 0.3) is 0 Å². The molecule has 0 fully saturated rings. The third-order valence-corrected chi connectivity index (χ3v) is 8.12. The lowest BCUT2D eigenvalue weighted by Gasteiger charge is -2.15. The van der Waals surface area contributed by atoms with Gasteiger partial charge in [-0.05, 0) is 75.8 Å². The van der Waals surface area contributed by atoms with Crippen molar-refractivity contribution in [2.75, 3.05) is 0 Å². The van der Waals surface area contributed by atoms with Gasteiger partial charge in [-0.15, -0.1) is 0 Å². The lowest BCUT2D eigenvalue weighted by atomic mass is 9.92. The quantitative estimate of drug-likeness (QED) is 0.150. The number of nitrogens with zero attached hydrogens (tertiary/aromatic N) is 1. The summed E-state index contributed by atoms with van der Waals surface area (Å²) in [4.78, 5) is 4.74. The molecule has 3 nitrogen and oxygen atoms in total. The highest BCUT2D eigenvalue weighted by molar-refractivity contribution is 6.24. The highest BCUT2D eigenvalue weighted by Crippen LogP contribution is 2.37. The number of nitrogens with one attached hydrogen (secondary N) is 1. The van der Waals surface area contributed by atoms with Gasteiger partial charge in [-0.2, -0.15) is 0 Å². The van der Waals surface area contributed by atoms with Crippen molar-refractivity contribution >= 4 is 70.6 Å². The maximum absolute atomic E-state index is 6.39. The zero-order valence-corrected chi connectivity index (χ0v) is 20.8. The zero-order valence-electron chi connectivity index (χ0n) is 20.8. The summed E-state index contributed by atoms with van der Waals surface area (Å²) in [6.07, 6.45) is 0. The van der Waals surface area contributed by atoms with Gasteiger partial charge in [0.2, 0.25) is 0 Å². The van der Waals surface area contributed by atoms with E-state index in [0.717, 1.165) is 0 Å². The average molecular weight is 488 g/mol. The lowest BCUT2D eigenvalue weighted by molar-refractivity contribution is 0.892. The maximum atomic E-state index is 6.39. The normalized spacial score (nSPS) is 12.7. The van der Waals surface area contributed by atoms with Crippen LogP contribution in [0.1, 0.15) is 11.1 Å². The van der Waals surface area contributed by atoms with Crippen LogP contribution in [0, 0.1) is 0 Å². The molecular weight excluding hydrogens is 462 g/mol. The molecule has 0 unspecified atom stereocenters. The van der Waals surface area contributed by atoms with E-state index in [0.29, 0.717) is 19.0 Å². The molecule has 3 N–H and O–H groups in total. The molecule has 0 aliphatic carbocycles. The van der Waals surface area contributed by atoms with E-state index < -0.39 is 0 Å². The van der Waals surface area contributed by atoms with Crippen molar-refractivity contribution in [1.29, 1.82) is 0 Å². The van der Waals surface area contributed by atoms with Crippen LogP contribution in [-0.2, 0) is 13.1 Å². The van der Waals surface area contributed by atoms with E-state index >= 15 is 0 Å². The van der Waals surface area contributed by atoms with Gasteiger partial charge in [-0.25, -0.2) is 4.99 Å². The smallest absolute Gasteiger partial charge is 0.189 e. The molecule has 0 saturated carbocycles. The molecule has 180 valence electrons. The fourth-order valence-electron chi connectivity index (χ4n) is 6.30. The van der Waals surface area contributed by atoms with E-state index in [9.17, 15) is 0 Å². The fourth-order valence-corrected chi connectivity index (χ4v) is 6.30. The summed E-state index contributed by atoms with van der Waals surface area (Å²) in [5, 5.41) is 18.8. The third kappa shape index (κ3) is 3.12. The Hall–Kier alpha value is -4.89. The molecule has 0 atom stereocenters. The fraction of sp³-hybridized carbons (Fsp3) is 0.0571. The number of benzene rings is 8. The summed E-state index contributed by atoms with van der Waals surface area (Å²) < 4.78 is 0. The van der Waals surface area contributed by atoms with Gasteiger partial charge >= 0.3 is 0 Å². The summed E-state index contributed by atoms with van der Waals surface area (Å²) in [7, 11) is 0. The molecule has 0 bridgehead atoms. The zero-order chi connectivity index (χ0) is 25.2. The van der Waals surface area contributed by atoms with Crippen LogP contribution in [0.3, 0.4) is 0 Å². The molecular formula is C35H25N3. The van der Waals surface area contributed by atoms with Gasteiger partial charge in [-0.3, -0.25) is 0 Å². The predicted octanol–water partition coefficient (Wildman–Crippen LogP) is 8.09. The van der Waals surface area contributed by atoms with E-state index in [1.165, 1.54) is 75.8 Å². The Morgan fingerprint density at radius 1 is 0.500 bits per heavy atom. The highest BCUT2D eigenvalue weighted by atomic mass is 15.1. The average Bonchev–Trinajstić information content (AvgIpc) is 2.97. The van der Waals surface area contributed by atoms with Crippen LogP contribution in [0.2, 0.25) is 0 Å². The van der Waals surface area contributed by atoms with E-state index in [1.807, 2.05) is 0 Å². The Balaban J connectivity index is 1.11. The third-order valence-electron chi connectivity index (χ3n) is 8.12. The second-order valence-electron chi connectivity index (χ2n) is 10.2. The minimum absolute atomic E-state index is 0.460. The van der Waals surface area contributed by atoms with E-state index in [2.05, 4.69) is 115 Å². The number of guanidine groups is 1. The Kier molecular flexibility index (Phi) is 4.50. The monoisotopic (exact) mass is 487 g/mol. The molecule has 0 amide bonds. The first-order chi connectivity index (χ1) is 18.7. The van der Waals surface area contributed by atoms with Gasteiger partial charge in [0.1, 0.15) is 0 Å². The minimum atomic E-state index is 0.460. The van der Waals surface area contributed by atoms with Crippen molar-refractivity contribution in [3.63, 3.8) is 0 Å². The SMILES string of the molecule is NC(=NCc1ccc2ccc3cccc4ccc1c2c34)NCc1ccc2ccc3cccc4ccc1c2c34. The summed E-state index contributed by atoms with van der Waals surface area (Å²) in [6.45, 7) is 1.16. The van der Waals surface area contributed by atoms with Crippen LogP contribution in [0.4, 0.5) is 0 Å². The molecule has 0 heterocycles. The van der Waals surface area contributed by atoms with Crippen molar-refractivity contribution in [3.8, 4) is 0 Å². The molecule has 0 aromatic heterocycles. The standard InChI is InChI=1S/C35H25N3/c36-35(37-19-27-13-11-25-9-7-21-3-1-5-23-15-17-29(27)33(25)31(21)23)38-20-28-14-12-26-10-8-22-4-2-6-24-16-18-30(28)34(26)32(22)24/h1-18H,19-20H2,(H3,36,37,38). The molecule has 8 aromatic carbocycles. The Labute approximate surface area is 219 Å². The lowest BCUT2D eigenvalue weighted by Crippen LogP contribution is -2.31. The van der Waals surface area contributed by atoms with Gasteiger partial charge in [0.05, 0.1) is 6.54 Å². The molecule has 0 aliphatic rings. The van der Waals surface area contributed by atoms with Crippen molar-refractivity contribution in [3.05, 3.63) is 120 Å². The molecule has 8 rings (SSSR count). The van der Waals surface area contributed by atoms with Gasteiger partial charge in [0.15, 0.2) is 5.96 Å². The van der Waals surface area contributed by atoms with Crippen LogP contribution in [-0.4, -0.2) is 5.96 Å². The summed E-state index contributed by atoms with van der Waals surface area (Å²) >= 11 is 0. The van der Waals surface area contributed by atoms with Crippen LogP contribution in [0.25, 0.3) is 64.6 Å². The molecule has 0 spiro atoms. The van der Waals surface area contributed by atoms with Crippen LogP contribution in [0.15, 0.2) is 114 Å². The molecule has 0 saturated heterocycles. The number of rotatable bonds is 4. The van der Waals surface area contributed by atoms with E-state index in [1.54, 1.807) is 0 Å². The molecule has 38 heavy (non-hydrogen) atoms. The van der Waals surface area contributed by atoms with Crippen molar-refractivity contribution in [2.24, 2.45) is 10.7 Å². The second-order valence-corrected chi connectivity index (χ2v) is 10.2. The first-order valence-corrected chi connectivity index (χ1v) is 13.1. The minimum Gasteiger partial charge on any atom is -0.370 e. The van der Waals surface area contributed by atoms with Gasteiger partial charge in [0, 0.05) is 6.54 Å². The van der Waals surface area contributed by atoms with Gasteiger partial charge < -0.3 is 11.1 Å². The van der Waals surface area contributed by atoms with Crippen molar-refractivity contribution < 1.29 is 0 Å². The highest BCUT2D eigenvalue weighted by Gasteiger charge is 2.12. The molecule has 8 aromatic rings. The van der Waals surface area contributed by atoms with E-state index in [-0.39, 0.29) is 0 Å². The molecule has 0 aliphatic heterocycles. The second kappa shape index (κ2) is 8.06.